The monoisotopic (exact) mass is 458 g/mol. The van der Waals surface area contributed by atoms with Gasteiger partial charge in [-0.25, -0.2) is 8.42 Å². The Morgan fingerprint density at radius 1 is 1.00 bits per heavy atom. The van der Waals surface area contributed by atoms with Crippen LogP contribution in [0.5, 0.6) is 0 Å². The van der Waals surface area contributed by atoms with Gasteiger partial charge in [-0.05, 0) is 24.6 Å². The van der Waals surface area contributed by atoms with Crippen LogP contribution in [-0.2, 0) is 10.0 Å². The molecule has 1 N–H and O–H groups in total. The number of Topliss-reactive ketones (excluding diaryl/α,β-unsaturated/α-hetero) is 1. The van der Waals surface area contributed by atoms with Crippen molar-refractivity contribution in [3.05, 3.63) is 106 Å². The van der Waals surface area contributed by atoms with E-state index in [4.69, 9.17) is 11.6 Å². The second-order valence-corrected chi connectivity index (χ2v) is 9.08. The molecule has 0 amide bonds. The molecule has 31 heavy (non-hydrogen) atoms. The van der Waals surface area contributed by atoms with Crippen molar-refractivity contribution in [1.29, 1.82) is 0 Å². The van der Waals surface area contributed by atoms with E-state index in [1.54, 1.807) is 42.5 Å². The highest BCUT2D eigenvalue weighted by molar-refractivity contribution is 7.89. The number of sulfonamides is 1. The van der Waals surface area contributed by atoms with Crippen LogP contribution < -0.4 is 4.72 Å². The number of alkyl halides is 1. The molecule has 3 rings (SSSR count). The molecule has 3 aromatic rings. The molecule has 160 valence electrons. The lowest BCUT2D eigenvalue weighted by Crippen LogP contribution is -2.43. The minimum Gasteiger partial charge on any atom is -0.292 e. The lowest BCUT2D eigenvalue weighted by Gasteiger charge is -2.23. The van der Waals surface area contributed by atoms with Gasteiger partial charge in [-0.15, -0.1) is 11.6 Å². The average Bonchev–Trinajstić information content (AvgIpc) is 2.77. The number of carbonyl (C=O) groups excluding carboxylic acids is 1. The zero-order chi connectivity index (χ0) is 22.6. The molecule has 7 nitrogen and oxygen atoms in total. The van der Waals surface area contributed by atoms with Gasteiger partial charge in [0, 0.05) is 17.7 Å². The van der Waals surface area contributed by atoms with Crippen LogP contribution in [0.25, 0.3) is 0 Å². The van der Waals surface area contributed by atoms with Gasteiger partial charge >= 0.3 is 0 Å². The van der Waals surface area contributed by atoms with Crippen molar-refractivity contribution in [3.63, 3.8) is 0 Å². The molecule has 0 aromatic heterocycles. The maximum Gasteiger partial charge on any atom is 0.269 e. The highest BCUT2D eigenvalue weighted by Crippen LogP contribution is 2.30. The zero-order valence-corrected chi connectivity index (χ0v) is 18.0. The zero-order valence-electron chi connectivity index (χ0n) is 16.4. The summed E-state index contributed by atoms with van der Waals surface area (Å²) >= 11 is 6.54. The number of non-ortho nitro benzene ring substituents is 1. The SMILES string of the molecule is Cc1ccc(S(=O)(=O)N[C@@H](C(=O)c2ccccc2)[C@H](Cl)c2cccc([N+](=O)[O-])c2)cc1. The van der Waals surface area contributed by atoms with Gasteiger partial charge in [0.1, 0.15) is 6.04 Å². The summed E-state index contributed by atoms with van der Waals surface area (Å²) in [5.41, 5.74) is 1.17. The Labute approximate surface area is 184 Å². The van der Waals surface area contributed by atoms with Crippen molar-refractivity contribution in [2.24, 2.45) is 0 Å². The van der Waals surface area contributed by atoms with Crippen LogP contribution in [-0.4, -0.2) is 25.2 Å². The molecule has 0 bridgehead atoms. The first kappa shape index (κ1) is 22.6. The molecule has 2 atom stereocenters. The maximum atomic E-state index is 13.2. The number of nitrogens with one attached hydrogen (secondary N) is 1. The Morgan fingerprint density at radius 2 is 1.65 bits per heavy atom. The van der Waals surface area contributed by atoms with Gasteiger partial charge in [0.2, 0.25) is 10.0 Å². The van der Waals surface area contributed by atoms with Gasteiger partial charge in [-0.1, -0.05) is 60.2 Å². The van der Waals surface area contributed by atoms with Crippen molar-refractivity contribution >= 4 is 33.1 Å². The summed E-state index contributed by atoms with van der Waals surface area (Å²) in [5, 5.41) is 9.94. The summed E-state index contributed by atoms with van der Waals surface area (Å²) in [7, 11) is -4.10. The summed E-state index contributed by atoms with van der Waals surface area (Å²) in [6.45, 7) is 1.82. The highest BCUT2D eigenvalue weighted by Gasteiger charge is 2.34. The molecule has 3 aromatic carbocycles. The predicted molar refractivity (Wildman–Crippen MR) is 118 cm³/mol. The Bertz CT molecular complexity index is 1200. The first-order chi connectivity index (χ1) is 14.7. The molecule has 9 heteroatoms. The van der Waals surface area contributed by atoms with E-state index in [2.05, 4.69) is 4.72 Å². The summed E-state index contributed by atoms with van der Waals surface area (Å²) < 4.78 is 28.3. The van der Waals surface area contributed by atoms with Gasteiger partial charge < -0.3 is 0 Å². The molecule has 0 saturated carbocycles. The van der Waals surface area contributed by atoms with Crippen molar-refractivity contribution in [2.75, 3.05) is 0 Å². The van der Waals surface area contributed by atoms with E-state index < -0.39 is 32.1 Å². The lowest BCUT2D eigenvalue weighted by molar-refractivity contribution is -0.384. The van der Waals surface area contributed by atoms with Crippen molar-refractivity contribution in [1.82, 2.24) is 4.72 Å². The standard InChI is InChI=1S/C22H19ClN2O5S/c1-15-10-12-19(13-11-15)31(29,30)24-21(22(26)16-6-3-2-4-7-16)20(23)17-8-5-9-18(14-17)25(27)28/h2-14,20-21,24H,1H3/t20-,21-/m1/s1. The van der Waals surface area contributed by atoms with Crippen LogP contribution in [0.2, 0.25) is 0 Å². The molecule has 0 aliphatic carbocycles. The van der Waals surface area contributed by atoms with Crippen LogP contribution in [0.15, 0.2) is 83.8 Å². The summed E-state index contributed by atoms with van der Waals surface area (Å²) in [6, 6.07) is 18.3. The molecule has 0 radical (unpaired) electrons. The van der Waals surface area contributed by atoms with Crippen molar-refractivity contribution in [3.8, 4) is 0 Å². The molecular formula is C22H19ClN2O5S. The van der Waals surface area contributed by atoms with Gasteiger partial charge in [-0.2, -0.15) is 4.72 Å². The molecule has 0 aliphatic rings. The van der Waals surface area contributed by atoms with Crippen LogP contribution >= 0.6 is 11.6 Å². The number of hydrogen-bond acceptors (Lipinski definition) is 5. The lowest BCUT2D eigenvalue weighted by atomic mass is 9.97. The van der Waals surface area contributed by atoms with E-state index in [1.807, 2.05) is 6.92 Å². The van der Waals surface area contributed by atoms with Crippen molar-refractivity contribution in [2.45, 2.75) is 23.2 Å². The molecular weight excluding hydrogens is 440 g/mol. The number of benzene rings is 3. The van der Waals surface area contributed by atoms with E-state index in [0.29, 0.717) is 0 Å². The Kier molecular flexibility index (Phi) is 6.84. The number of ketones is 1. The van der Waals surface area contributed by atoms with Gasteiger partial charge in [0.05, 0.1) is 15.2 Å². The third-order valence-corrected chi connectivity index (χ3v) is 6.61. The van der Waals surface area contributed by atoms with Gasteiger partial charge in [0.15, 0.2) is 5.78 Å². The fourth-order valence-corrected chi connectivity index (χ4v) is 4.58. The largest absolute Gasteiger partial charge is 0.292 e. The smallest absolute Gasteiger partial charge is 0.269 e. The first-order valence-electron chi connectivity index (χ1n) is 9.26. The number of nitro benzene ring substituents is 1. The average molecular weight is 459 g/mol. The Hall–Kier alpha value is -3.07. The summed E-state index contributed by atoms with van der Waals surface area (Å²) in [4.78, 5) is 23.7. The second kappa shape index (κ2) is 9.38. The number of carbonyl (C=O) groups is 1. The second-order valence-electron chi connectivity index (χ2n) is 6.90. The van der Waals surface area contributed by atoms with Crippen LogP contribution in [0.3, 0.4) is 0 Å². The summed E-state index contributed by atoms with van der Waals surface area (Å²) in [6.07, 6.45) is 0. The Morgan fingerprint density at radius 3 is 2.26 bits per heavy atom. The minimum absolute atomic E-state index is 0.0214. The van der Waals surface area contributed by atoms with Crippen LogP contribution in [0.4, 0.5) is 5.69 Å². The Balaban J connectivity index is 2.02. The molecule has 0 fully saturated rings. The topological polar surface area (TPSA) is 106 Å². The fraction of sp³-hybridized carbons (Fsp3) is 0.136. The van der Waals surface area contributed by atoms with Crippen molar-refractivity contribution < 1.29 is 18.1 Å². The quantitative estimate of drug-likeness (QED) is 0.233. The van der Waals surface area contributed by atoms with Gasteiger partial charge in [0.25, 0.3) is 5.69 Å². The number of hydrogen-bond donors (Lipinski definition) is 1. The first-order valence-corrected chi connectivity index (χ1v) is 11.2. The van der Waals surface area contributed by atoms with Gasteiger partial charge in [-0.3, -0.25) is 14.9 Å². The number of rotatable bonds is 8. The van der Waals surface area contributed by atoms with E-state index in [0.717, 1.165) is 5.56 Å². The van der Waals surface area contributed by atoms with Crippen LogP contribution in [0, 0.1) is 17.0 Å². The molecule has 0 saturated heterocycles. The normalized spacial score (nSPS) is 13.4. The van der Waals surface area contributed by atoms with E-state index in [-0.39, 0.29) is 21.7 Å². The molecule has 0 unspecified atom stereocenters. The highest BCUT2D eigenvalue weighted by atomic mass is 35.5. The number of halogens is 1. The molecule has 0 aliphatic heterocycles. The van der Waals surface area contributed by atoms with E-state index in [9.17, 15) is 23.3 Å². The number of aryl methyl sites for hydroxylation is 1. The third-order valence-electron chi connectivity index (χ3n) is 4.65. The molecule has 0 heterocycles. The number of nitro groups is 1. The molecule has 0 spiro atoms. The predicted octanol–water partition coefficient (Wildman–Crippen LogP) is 4.41. The fourth-order valence-electron chi connectivity index (χ4n) is 2.98. The van der Waals surface area contributed by atoms with E-state index >= 15 is 0 Å². The third kappa shape index (κ3) is 5.35. The minimum atomic E-state index is -4.10. The maximum absolute atomic E-state index is 13.2. The van der Waals surface area contributed by atoms with E-state index in [1.165, 1.54) is 36.4 Å². The van der Waals surface area contributed by atoms with Crippen LogP contribution in [0.1, 0.15) is 26.9 Å². The number of nitrogens with zero attached hydrogens (tertiary/aromatic N) is 1. The summed E-state index contributed by atoms with van der Waals surface area (Å²) in [5.74, 6) is -0.553.